The predicted octanol–water partition coefficient (Wildman–Crippen LogP) is 0.848. The minimum Gasteiger partial charge on any atom is -0.388 e. The minimum absolute atomic E-state index is 0.188. The van der Waals surface area contributed by atoms with Gasteiger partial charge in [-0.15, -0.1) is 0 Å². The zero-order valence-electron chi connectivity index (χ0n) is 11.1. The van der Waals surface area contributed by atoms with E-state index in [9.17, 15) is 0 Å². The van der Waals surface area contributed by atoms with Gasteiger partial charge in [0.1, 0.15) is 10.7 Å². The molecule has 1 aliphatic heterocycles. The maximum absolute atomic E-state index is 5.74. The van der Waals surface area contributed by atoms with Crippen LogP contribution in [0, 0.1) is 0 Å². The molecule has 0 aromatic carbocycles. The molecule has 0 radical (unpaired) electrons. The maximum Gasteiger partial charge on any atom is 0.124 e. The Kier molecular flexibility index (Phi) is 5.07. The third-order valence-corrected chi connectivity index (χ3v) is 3.42. The second kappa shape index (κ2) is 6.79. The van der Waals surface area contributed by atoms with Crippen molar-refractivity contribution < 1.29 is 4.74 Å². The van der Waals surface area contributed by atoms with Crippen LogP contribution < -0.4 is 11.1 Å². The highest BCUT2D eigenvalue weighted by Crippen LogP contribution is 2.13. The summed E-state index contributed by atoms with van der Waals surface area (Å²) in [4.78, 5) is 6.88. The molecule has 19 heavy (non-hydrogen) atoms. The number of nitrogens with one attached hydrogen (secondary N) is 1. The second-order valence-corrected chi connectivity index (χ2v) is 4.97. The number of pyridine rings is 1. The molecular formula is C13H20N4OS. The molecule has 104 valence electrons. The van der Waals surface area contributed by atoms with Gasteiger partial charge in [0.05, 0.1) is 18.4 Å². The van der Waals surface area contributed by atoms with Crippen LogP contribution in [0.3, 0.4) is 0 Å². The fraction of sp³-hybridized carbons (Fsp3) is 0.538. The van der Waals surface area contributed by atoms with Gasteiger partial charge < -0.3 is 15.8 Å². The van der Waals surface area contributed by atoms with Gasteiger partial charge in [-0.1, -0.05) is 19.1 Å². The number of hydrogen-bond donors (Lipinski definition) is 2. The molecule has 0 saturated carbocycles. The van der Waals surface area contributed by atoms with Crippen LogP contribution in [-0.4, -0.2) is 53.8 Å². The van der Waals surface area contributed by atoms with Crippen molar-refractivity contribution in [2.24, 2.45) is 5.73 Å². The normalized spacial score (nSPS) is 20.2. The molecule has 6 heteroatoms. The molecule has 0 spiro atoms. The summed E-state index contributed by atoms with van der Waals surface area (Å²) in [5, 5.41) is 3.33. The van der Waals surface area contributed by atoms with Crippen molar-refractivity contribution in [3.63, 3.8) is 0 Å². The molecule has 5 nitrogen and oxygen atoms in total. The van der Waals surface area contributed by atoms with Crippen molar-refractivity contribution in [3.05, 3.63) is 24.0 Å². The molecule has 1 aliphatic rings. The topological polar surface area (TPSA) is 63.4 Å². The molecule has 1 fully saturated rings. The number of nitrogens with zero attached hydrogens (tertiary/aromatic N) is 2. The minimum atomic E-state index is 0.188. The third-order valence-electron chi connectivity index (χ3n) is 3.23. The highest BCUT2D eigenvalue weighted by molar-refractivity contribution is 7.80. The monoisotopic (exact) mass is 280 g/mol. The van der Waals surface area contributed by atoms with Gasteiger partial charge in [0.2, 0.25) is 0 Å². The molecule has 0 amide bonds. The summed E-state index contributed by atoms with van der Waals surface area (Å²) >= 11 is 4.99. The molecular weight excluding hydrogens is 260 g/mol. The van der Waals surface area contributed by atoms with Crippen molar-refractivity contribution >= 4 is 22.9 Å². The Morgan fingerprint density at radius 1 is 1.68 bits per heavy atom. The van der Waals surface area contributed by atoms with Crippen molar-refractivity contribution in [2.45, 2.75) is 13.0 Å². The standard InChI is InChI=1S/C13H20N4OS/c1-2-17-6-7-18-10(9-17)8-16-11-4-3-5-15-12(11)13(14)19/h3-5,10,16H,2,6-9H2,1H3,(H2,14,19). The van der Waals surface area contributed by atoms with Gasteiger partial charge >= 0.3 is 0 Å². The number of hydrogen-bond acceptors (Lipinski definition) is 5. The summed E-state index contributed by atoms with van der Waals surface area (Å²) in [6, 6.07) is 3.80. The lowest BCUT2D eigenvalue weighted by molar-refractivity contribution is -0.0191. The van der Waals surface area contributed by atoms with Crippen molar-refractivity contribution in [1.82, 2.24) is 9.88 Å². The van der Waals surface area contributed by atoms with Gasteiger partial charge in [-0.05, 0) is 18.7 Å². The van der Waals surface area contributed by atoms with E-state index in [1.165, 1.54) is 0 Å². The second-order valence-electron chi connectivity index (χ2n) is 4.53. The fourth-order valence-electron chi connectivity index (χ4n) is 2.16. The first-order valence-electron chi connectivity index (χ1n) is 6.53. The summed E-state index contributed by atoms with van der Waals surface area (Å²) < 4.78 is 5.74. The first-order valence-corrected chi connectivity index (χ1v) is 6.94. The Morgan fingerprint density at radius 3 is 3.26 bits per heavy atom. The highest BCUT2D eigenvalue weighted by atomic mass is 32.1. The number of ether oxygens (including phenoxy) is 1. The predicted molar refractivity (Wildman–Crippen MR) is 80.5 cm³/mol. The lowest BCUT2D eigenvalue weighted by Crippen LogP contribution is -2.45. The average molecular weight is 280 g/mol. The van der Waals surface area contributed by atoms with Crippen LogP contribution in [0.2, 0.25) is 0 Å². The molecule has 1 aromatic rings. The number of nitrogens with two attached hydrogens (primary N) is 1. The van der Waals surface area contributed by atoms with E-state index in [2.05, 4.69) is 22.1 Å². The Hall–Kier alpha value is -1.24. The zero-order valence-corrected chi connectivity index (χ0v) is 11.9. The Bertz CT molecular complexity index is 440. The van der Waals surface area contributed by atoms with E-state index < -0.39 is 0 Å². The SMILES string of the molecule is CCN1CCOC(CNc2cccnc2C(N)=S)C1. The van der Waals surface area contributed by atoms with E-state index in [4.69, 9.17) is 22.7 Å². The van der Waals surface area contributed by atoms with Gasteiger partial charge in [0.15, 0.2) is 0 Å². The number of anilines is 1. The molecule has 1 atom stereocenters. The van der Waals surface area contributed by atoms with Crippen LogP contribution in [0.15, 0.2) is 18.3 Å². The summed E-state index contributed by atoms with van der Waals surface area (Å²) in [5.74, 6) is 0. The molecule has 0 aliphatic carbocycles. The van der Waals surface area contributed by atoms with Crippen LogP contribution in [0.4, 0.5) is 5.69 Å². The molecule has 2 rings (SSSR count). The van der Waals surface area contributed by atoms with Crippen LogP contribution in [0.1, 0.15) is 12.6 Å². The first kappa shape index (κ1) is 14.2. The molecule has 1 aromatic heterocycles. The van der Waals surface area contributed by atoms with E-state index in [0.29, 0.717) is 10.7 Å². The smallest absolute Gasteiger partial charge is 0.124 e. The van der Waals surface area contributed by atoms with Crippen LogP contribution in [-0.2, 0) is 4.74 Å². The lowest BCUT2D eigenvalue weighted by atomic mass is 10.2. The van der Waals surface area contributed by atoms with Crippen LogP contribution in [0.25, 0.3) is 0 Å². The largest absolute Gasteiger partial charge is 0.388 e. The van der Waals surface area contributed by atoms with E-state index in [1.807, 2.05) is 12.1 Å². The van der Waals surface area contributed by atoms with Gasteiger partial charge in [-0.2, -0.15) is 0 Å². The quantitative estimate of drug-likeness (QED) is 0.780. The zero-order chi connectivity index (χ0) is 13.7. The number of aromatic nitrogens is 1. The van der Waals surface area contributed by atoms with E-state index in [0.717, 1.165) is 38.5 Å². The average Bonchev–Trinajstić information content (AvgIpc) is 2.45. The van der Waals surface area contributed by atoms with Gasteiger partial charge in [0.25, 0.3) is 0 Å². The molecule has 1 saturated heterocycles. The van der Waals surface area contributed by atoms with E-state index >= 15 is 0 Å². The van der Waals surface area contributed by atoms with Crippen LogP contribution in [0.5, 0.6) is 0 Å². The highest BCUT2D eigenvalue weighted by Gasteiger charge is 2.19. The Labute approximate surface area is 119 Å². The number of morpholine rings is 1. The summed E-state index contributed by atoms with van der Waals surface area (Å²) in [7, 11) is 0. The molecule has 0 bridgehead atoms. The summed E-state index contributed by atoms with van der Waals surface area (Å²) in [5.41, 5.74) is 7.16. The van der Waals surface area contributed by atoms with Gasteiger partial charge in [0, 0.05) is 25.8 Å². The summed E-state index contributed by atoms with van der Waals surface area (Å²) in [6.45, 7) is 6.71. The number of rotatable bonds is 5. The third kappa shape index (κ3) is 3.86. The first-order chi connectivity index (χ1) is 9.20. The van der Waals surface area contributed by atoms with Gasteiger partial charge in [-0.3, -0.25) is 9.88 Å². The van der Waals surface area contributed by atoms with Crippen molar-refractivity contribution in [1.29, 1.82) is 0 Å². The molecule has 3 N–H and O–H groups in total. The van der Waals surface area contributed by atoms with Gasteiger partial charge in [-0.25, -0.2) is 0 Å². The Balaban J connectivity index is 1.93. The van der Waals surface area contributed by atoms with Crippen molar-refractivity contribution in [2.75, 3.05) is 38.1 Å². The lowest BCUT2D eigenvalue weighted by Gasteiger charge is -2.32. The maximum atomic E-state index is 5.74. The van der Waals surface area contributed by atoms with E-state index in [-0.39, 0.29) is 6.10 Å². The summed E-state index contributed by atoms with van der Waals surface area (Å²) in [6.07, 6.45) is 1.88. The van der Waals surface area contributed by atoms with E-state index in [1.54, 1.807) is 6.20 Å². The fourth-order valence-corrected chi connectivity index (χ4v) is 2.32. The van der Waals surface area contributed by atoms with Crippen molar-refractivity contribution in [3.8, 4) is 0 Å². The Morgan fingerprint density at radius 2 is 2.53 bits per heavy atom. The number of thiocarbonyl (C=S) groups is 1. The molecule has 2 heterocycles. The molecule has 1 unspecified atom stereocenters. The van der Waals surface area contributed by atoms with Crippen LogP contribution >= 0.6 is 12.2 Å². The number of likely N-dealkylation sites (N-methyl/N-ethyl adjacent to an activating group) is 1.